The molecule has 2 atom stereocenters. The number of nitrogens with zero attached hydrogens (tertiary/aromatic N) is 1. The molecule has 0 heterocycles. The Hall–Kier alpha value is -1.25. The molecule has 0 rings (SSSR count). The smallest absolute Gasteiger partial charge is 0.462 e. The lowest BCUT2D eigenvalue weighted by atomic mass is 10.0. The number of carbonyl (C=O) groups excluding carboxylic acids is 2. The molecular formula is C68H135NO8P+. The number of ether oxygens (including phenoxy) is 2. The zero-order valence-electron chi connectivity index (χ0n) is 52.9. The Kier molecular flexibility index (Phi) is 59.4. The maximum Gasteiger partial charge on any atom is 0.472 e. The first-order valence-corrected chi connectivity index (χ1v) is 35.9. The third-order valence-electron chi connectivity index (χ3n) is 15.8. The van der Waals surface area contributed by atoms with E-state index in [2.05, 4.69) is 26.0 Å². The van der Waals surface area contributed by atoms with Gasteiger partial charge in [-0.25, -0.2) is 4.57 Å². The molecule has 0 bridgehead atoms. The predicted octanol–water partition coefficient (Wildman–Crippen LogP) is 21.9. The summed E-state index contributed by atoms with van der Waals surface area (Å²) in [6, 6.07) is 0. The Labute approximate surface area is 486 Å². The van der Waals surface area contributed by atoms with Gasteiger partial charge in [-0.15, -0.1) is 0 Å². The van der Waals surface area contributed by atoms with Crippen LogP contribution in [0.1, 0.15) is 361 Å². The van der Waals surface area contributed by atoms with Crippen LogP contribution in [0.5, 0.6) is 0 Å². The lowest BCUT2D eigenvalue weighted by Crippen LogP contribution is -2.37. The first kappa shape index (κ1) is 76.8. The van der Waals surface area contributed by atoms with Gasteiger partial charge in [0.05, 0.1) is 27.7 Å². The fourth-order valence-electron chi connectivity index (χ4n) is 10.5. The second-order valence-corrected chi connectivity index (χ2v) is 26.4. The summed E-state index contributed by atoms with van der Waals surface area (Å²) in [5.74, 6) is -0.790. The Morgan fingerprint density at radius 3 is 0.962 bits per heavy atom. The molecule has 0 aliphatic carbocycles. The van der Waals surface area contributed by atoms with Crippen LogP contribution in [-0.4, -0.2) is 74.9 Å². The number of unbranched alkanes of at least 4 members (excludes halogenated alkanes) is 49. The average Bonchev–Trinajstić information content (AvgIpc) is 3.40. The number of rotatable bonds is 65. The van der Waals surface area contributed by atoms with Gasteiger partial charge in [-0.3, -0.25) is 18.6 Å². The van der Waals surface area contributed by atoms with Crippen LogP contribution in [0.2, 0.25) is 0 Å². The predicted molar refractivity (Wildman–Crippen MR) is 335 cm³/mol. The number of likely N-dealkylation sites (N-methyl/N-ethyl adjacent to an activating group) is 1. The van der Waals surface area contributed by atoms with Crippen LogP contribution in [0.3, 0.4) is 0 Å². The lowest BCUT2D eigenvalue weighted by molar-refractivity contribution is -0.870. The normalized spacial score (nSPS) is 13.2. The summed E-state index contributed by atoms with van der Waals surface area (Å²) in [5.41, 5.74) is 0. The summed E-state index contributed by atoms with van der Waals surface area (Å²) in [5, 5.41) is 0. The van der Waals surface area contributed by atoms with Crippen molar-refractivity contribution in [1.29, 1.82) is 0 Å². The molecule has 0 aliphatic heterocycles. The number of hydrogen-bond acceptors (Lipinski definition) is 7. The molecule has 2 unspecified atom stereocenters. The van der Waals surface area contributed by atoms with Gasteiger partial charge in [-0.05, 0) is 38.5 Å². The highest BCUT2D eigenvalue weighted by atomic mass is 31.2. The third-order valence-corrected chi connectivity index (χ3v) is 16.8. The average molecular weight is 1130 g/mol. The zero-order chi connectivity index (χ0) is 57.0. The standard InChI is InChI=1S/C68H134NO8P/c1-6-8-10-12-14-16-18-20-21-22-23-24-25-26-27-28-29-30-31-32-33-34-35-36-37-38-39-40-41-42-43-44-45-46-47-49-50-52-54-56-58-60-67(70)74-64-66(65-76-78(72,73)75-63-62-69(3,4)5)77-68(71)61-59-57-55-53-51-48-19-17-15-13-11-9-7-2/h17,19,66H,6-16,18,20-65H2,1-5H3/p+1/b19-17-. The van der Waals surface area contributed by atoms with E-state index in [1.54, 1.807) is 0 Å². The minimum absolute atomic E-state index is 0.0336. The molecule has 0 saturated carbocycles. The van der Waals surface area contributed by atoms with Crippen molar-refractivity contribution in [2.45, 2.75) is 367 Å². The van der Waals surface area contributed by atoms with Gasteiger partial charge in [0.1, 0.15) is 19.8 Å². The summed E-state index contributed by atoms with van der Waals surface area (Å²) >= 11 is 0. The highest BCUT2D eigenvalue weighted by molar-refractivity contribution is 7.47. The van der Waals surface area contributed by atoms with Gasteiger partial charge in [0.2, 0.25) is 0 Å². The maximum atomic E-state index is 12.8. The molecule has 9 nitrogen and oxygen atoms in total. The number of phosphoric acid groups is 1. The summed E-state index contributed by atoms with van der Waals surface area (Å²) < 4.78 is 34.6. The SMILES string of the molecule is CCCCCC/C=C\CCCCCCCC(=O)OC(COC(=O)CCCCCCCCCCCCCCCCCCCCCCCCCCCCCCCCCCCCCCCCCCC)COP(=O)(O)OCC[N+](C)(C)C. The van der Waals surface area contributed by atoms with Crippen molar-refractivity contribution in [3.8, 4) is 0 Å². The van der Waals surface area contributed by atoms with E-state index in [0.717, 1.165) is 51.4 Å². The van der Waals surface area contributed by atoms with E-state index in [0.29, 0.717) is 23.9 Å². The van der Waals surface area contributed by atoms with E-state index in [1.807, 2.05) is 21.1 Å². The van der Waals surface area contributed by atoms with E-state index in [4.69, 9.17) is 18.5 Å². The van der Waals surface area contributed by atoms with Crippen molar-refractivity contribution in [1.82, 2.24) is 0 Å². The van der Waals surface area contributed by atoms with Crippen molar-refractivity contribution in [2.24, 2.45) is 0 Å². The first-order chi connectivity index (χ1) is 38.0. The fourth-order valence-corrected chi connectivity index (χ4v) is 11.2. The van der Waals surface area contributed by atoms with Crippen molar-refractivity contribution in [3.05, 3.63) is 12.2 Å². The molecule has 0 spiro atoms. The first-order valence-electron chi connectivity index (χ1n) is 34.4. The number of carbonyl (C=O) groups is 2. The summed E-state index contributed by atoms with van der Waals surface area (Å²) in [4.78, 5) is 35.6. The number of allylic oxidation sites excluding steroid dienone is 2. The van der Waals surface area contributed by atoms with E-state index in [1.165, 1.54) is 276 Å². The van der Waals surface area contributed by atoms with Gasteiger partial charge in [0.25, 0.3) is 0 Å². The van der Waals surface area contributed by atoms with Gasteiger partial charge >= 0.3 is 19.8 Å². The molecule has 0 aromatic rings. The van der Waals surface area contributed by atoms with Crippen LogP contribution in [0, 0.1) is 0 Å². The maximum absolute atomic E-state index is 12.8. The van der Waals surface area contributed by atoms with Gasteiger partial charge < -0.3 is 18.9 Å². The minimum Gasteiger partial charge on any atom is -0.462 e. The number of esters is 2. The number of hydrogen-bond donors (Lipinski definition) is 1. The van der Waals surface area contributed by atoms with E-state index in [9.17, 15) is 19.0 Å². The quantitative estimate of drug-likeness (QED) is 0.0211. The Morgan fingerprint density at radius 1 is 0.385 bits per heavy atom. The molecular weight excluding hydrogens is 990 g/mol. The van der Waals surface area contributed by atoms with Crippen molar-refractivity contribution < 1.29 is 42.1 Å². The molecule has 0 aromatic heterocycles. The van der Waals surface area contributed by atoms with Crippen LogP contribution in [-0.2, 0) is 32.7 Å². The molecule has 0 amide bonds. The highest BCUT2D eigenvalue weighted by Crippen LogP contribution is 2.43. The second-order valence-electron chi connectivity index (χ2n) is 24.9. The number of phosphoric ester groups is 1. The Morgan fingerprint density at radius 2 is 0.654 bits per heavy atom. The Balaban J connectivity index is 3.76. The highest BCUT2D eigenvalue weighted by Gasteiger charge is 2.27. The Bertz CT molecular complexity index is 1320. The largest absolute Gasteiger partial charge is 0.472 e. The van der Waals surface area contributed by atoms with E-state index in [-0.39, 0.29) is 25.6 Å². The van der Waals surface area contributed by atoms with Crippen molar-refractivity contribution in [3.63, 3.8) is 0 Å². The summed E-state index contributed by atoms with van der Waals surface area (Å²) in [6.45, 7) is 4.46. The van der Waals surface area contributed by atoms with Crippen LogP contribution >= 0.6 is 7.82 Å². The second kappa shape index (κ2) is 60.3. The molecule has 464 valence electrons. The van der Waals surface area contributed by atoms with Crippen LogP contribution in [0.4, 0.5) is 0 Å². The van der Waals surface area contributed by atoms with Crippen LogP contribution in [0.15, 0.2) is 12.2 Å². The monoisotopic (exact) mass is 1120 g/mol. The molecule has 1 N–H and O–H groups in total. The molecule has 78 heavy (non-hydrogen) atoms. The fraction of sp³-hybridized carbons (Fsp3) is 0.941. The van der Waals surface area contributed by atoms with Crippen LogP contribution in [0.25, 0.3) is 0 Å². The molecule has 0 fully saturated rings. The third kappa shape index (κ3) is 63.9. The number of quaternary nitrogens is 1. The van der Waals surface area contributed by atoms with E-state index < -0.39 is 26.5 Å². The summed E-state index contributed by atoms with van der Waals surface area (Å²) in [6.07, 6.45) is 73.6. The summed E-state index contributed by atoms with van der Waals surface area (Å²) in [7, 11) is 1.49. The van der Waals surface area contributed by atoms with Crippen molar-refractivity contribution in [2.75, 3.05) is 47.5 Å². The van der Waals surface area contributed by atoms with Gasteiger partial charge in [-0.2, -0.15) is 0 Å². The molecule has 0 aliphatic rings. The van der Waals surface area contributed by atoms with E-state index >= 15 is 0 Å². The molecule has 0 aromatic carbocycles. The minimum atomic E-state index is -4.38. The molecule has 0 radical (unpaired) electrons. The van der Waals surface area contributed by atoms with Gasteiger partial charge in [0, 0.05) is 12.8 Å². The topological polar surface area (TPSA) is 108 Å². The lowest BCUT2D eigenvalue weighted by Gasteiger charge is -2.24. The molecule has 10 heteroatoms. The van der Waals surface area contributed by atoms with Gasteiger partial charge in [-0.1, -0.05) is 321 Å². The zero-order valence-corrected chi connectivity index (χ0v) is 53.8. The van der Waals surface area contributed by atoms with Crippen molar-refractivity contribution >= 4 is 19.8 Å². The van der Waals surface area contributed by atoms with Crippen LogP contribution < -0.4 is 0 Å². The van der Waals surface area contributed by atoms with Gasteiger partial charge in [0.15, 0.2) is 6.10 Å². The molecule has 0 saturated heterocycles.